The van der Waals surface area contributed by atoms with Gasteiger partial charge in [0.25, 0.3) is 11.8 Å². The number of halogens is 2. The molecular formula is C23H20ClFN2O3. The number of ether oxygens (including phenoxy) is 1. The molecule has 1 atom stereocenters. The van der Waals surface area contributed by atoms with Crippen molar-refractivity contribution >= 4 is 29.1 Å². The zero-order valence-electron chi connectivity index (χ0n) is 16.2. The lowest BCUT2D eigenvalue weighted by Crippen LogP contribution is -2.28. The summed E-state index contributed by atoms with van der Waals surface area (Å²) in [6.45, 7) is 1.45. The Balaban J connectivity index is 1.65. The summed E-state index contributed by atoms with van der Waals surface area (Å²) in [5.74, 6) is -1.21. The fraction of sp³-hybridized carbons (Fsp3) is 0.130. The van der Waals surface area contributed by atoms with E-state index in [0.29, 0.717) is 5.02 Å². The van der Waals surface area contributed by atoms with Crippen LogP contribution in [-0.2, 0) is 4.79 Å². The smallest absolute Gasteiger partial charge is 0.262 e. The van der Waals surface area contributed by atoms with Gasteiger partial charge >= 0.3 is 0 Å². The van der Waals surface area contributed by atoms with Crippen molar-refractivity contribution in [1.82, 2.24) is 5.32 Å². The second-order valence-electron chi connectivity index (χ2n) is 6.53. The normalized spacial score (nSPS) is 11.4. The number of anilines is 1. The second kappa shape index (κ2) is 9.89. The Hall–Kier alpha value is -3.38. The van der Waals surface area contributed by atoms with Crippen molar-refractivity contribution in [3.8, 4) is 5.75 Å². The lowest BCUT2D eigenvalue weighted by molar-refractivity contribution is -0.118. The summed E-state index contributed by atoms with van der Waals surface area (Å²) in [4.78, 5) is 24.9. The number of rotatable bonds is 7. The molecule has 7 heteroatoms. The average Bonchev–Trinajstić information content (AvgIpc) is 2.74. The molecular weight excluding hydrogens is 407 g/mol. The molecule has 0 fully saturated rings. The molecule has 0 heterocycles. The number of hydrogen-bond acceptors (Lipinski definition) is 3. The Morgan fingerprint density at radius 2 is 1.67 bits per heavy atom. The molecule has 2 amide bonds. The first-order valence-corrected chi connectivity index (χ1v) is 9.65. The van der Waals surface area contributed by atoms with Crippen LogP contribution in [0.3, 0.4) is 0 Å². The van der Waals surface area contributed by atoms with Gasteiger partial charge in [-0.1, -0.05) is 54.1 Å². The molecule has 3 rings (SSSR count). The number of amides is 2. The van der Waals surface area contributed by atoms with Gasteiger partial charge in [0.15, 0.2) is 6.61 Å². The van der Waals surface area contributed by atoms with Crippen LogP contribution in [-0.4, -0.2) is 18.4 Å². The minimum atomic E-state index is -0.542. The number of carbonyl (C=O) groups is 2. The van der Waals surface area contributed by atoms with Crippen LogP contribution in [0, 0.1) is 5.82 Å². The van der Waals surface area contributed by atoms with E-state index in [1.54, 1.807) is 36.4 Å². The Morgan fingerprint density at radius 3 is 2.43 bits per heavy atom. The number of para-hydroxylation sites is 2. The molecule has 30 heavy (non-hydrogen) atoms. The van der Waals surface area contributed by atoms with Crippen molar-refractivity contribution in [2.75, 3.05) is 11.9 Å². The molecule has 0 aliphatic heterocycles. The minimum Gasteiger partial charge on any atom is -0.483 e. The standard InChI is InChI=1S/C23H20ClFN2O3/c1-15(16-8-2-4-10-18(16)24)26-23(29)17-9-3-7-13-21(17)30-14-22(28)27-20-12-6-5-11-19(20)25/h2-13,15H,14H2,1H3,(H,26,29)(H,27,28). The van der Waals surface area contributed by atoms with Crippen LogP contribution in [0.5, 0.6) is 5.75 Å². The van der Waals surface area contributed by atoms with E-state index < -0.39 is 11.7 Å². The van der Waals surface area contributed by atoms with Crippen molar-refractivity contribution in [3.63, 3.8) is 0 Å². The molecule has 3 aromatic carbocycles. The first-order valence-electron chi connectivity index (χ1n) is 9.27. The molecule has 0 aliphatic rings. The zero-order chi connectivity index (χ0) is 21.5. The summed E-state index contributed by atoms with van der Waals surface area (Å²) in [5, 5.41) is 5.87. The molecule has 0 saturated carbocycles. The molecule has 154 valence electrons. The molecule has 0 spiro atoms. The average molecular weight is 427 g/mol. The molecule has 0 radical (unpaired) electrons. The van der Waals surface area contributed by atoms with E-state index in [-0.39, 0.29) is 35.6 Å². The molecule has 1 unspecified atom stereocenters. The molecule has 2 N–H and O–H groups in total. The van der Waals surface area contributed by atoms with Gasteiger partial charge in [-0.05, 0) is 42.8 Å². The van der Waals surface area contributed by atoms with Crippen LogP contribution in [0.25, 0.3) is 0 Å². The van der Waals surface area contributed by atoms with E-state index in [2.05, 4.69) is 10.6 Å². The molecule has 3 aromatic rings. The van der Waals surface area contributed by atoms with E-state index >= 15 is 0 Å². The second-order valence-corrected chi connectivity index (χ2v) is 6.94. The largest absolute Gasteiger partial charge is 0.483 e. The number of benzene rings is 3. The van der Waals surface area contributed by atoms with Gasteiger partial charge in [-0.15, -0.1) is 0 Å². The van der Waals surface area contributed by atoms with E-state index in [1.807, 2.05) is 25.1 Å². The number of carbonyl (C=O) groups excluding carboxylic acids is 2. The van der Waals surface area contributed by atoms with Crippen molar-refractivity contribution in [1.29, 1.82) is 0 Å². The zero-order valence-corrected chi connectivity index (χ0v) is 16.9. The predicted octanol–water partition coefficient (Wildman–Crippen LogP) is 4.99. The summed E-state index contributed by atoms with van der Waals surface area (Å²) in [7, 11) is 0. The van der Waals surface area contributed by atoms with Crippen LogP contribution in [0.2, 0.25) is 5.02 Å². The van der Waals surface area contributed by atoms with Crippen molar-refractivity contribution in [3.05, 3.63) is 94.8 Å². The quantitative estimate of drug-likeness (QED) is 0.559. The lowest BCUT2D eigenvalue weighted by atomic mass is 10.1. The van der Waals surface area contributed by atoms with Crippen LogP contribution in [0.1, 0.15) is 28.9 Å². The topological polar surface area (TPSA) is 67.4 Å². The first-order chi connectivity index (χ1) is 14.5. The lowest BCUT2D eigenvalue weighted by Gasteiger charge is -2.17. The first kappa shape index (κ1) is 21.3. The number of nitrogens with one attached hydrogen (secondary N) is 2. The maximum Gasteiger partial charge on any atom is 0.262 e. The monoisotopic (exact) mass is 426 g/mol. The van der Waals surface area contributed by atoms with Crippen molar-refractivity contribution < 1.29 is 18.7 Å². The van der Waals surface area contributed by atoms with Gasteiger partial charge in [-0.25, -0.2) is 4.39 Å². The molecule has 0 bridgehead atoms. The summed E-state index contributed by atoms with van der Waals surface area (Å²) >= 11 is 6.19. The highest BCUT2D eigenvalue weighted by Crippen LogP contribution is 2.24. The third kappa shape index (κ3) is 5.36. The van der Waals surface area contributed by atoms with Crippen molar-refractivity contribution in [2.24, 2.45) is 0 Å². The van der Waals surface area contributed by atoms with Gasteiger partial charge in [-0.2, -0.15) is 0 Å². The van der Waals surface area contributed by atoms with Crippen LogP contribution < -0.4 is 15.4 Å². The number of hydrogen-bond donors (Lipinski definition) is 2. The Labute approximate surface area is 178 Å². The van der Waals surface area contributed by atoms with Gasteiger partial charge in [0.1, 0.15) is 11.6 Å². The predicted molar refractivity (Wildman–Crippen MR) is 114 cm³/mol. The summed E-state index contributed by atoms with van der Waals surface area (Å²) in [5.41, 5.74) is 1.12. The summed E-state index contributed by atoms with van der Waals surface area (Å²) < 4.78 is 19.2. The fourth-order valence-electron chi connectivity index (χ4n) is 2.85. The van der Waals surface area contributed by atoms with Crippen LogP contribution >= 0.6 is 11.6 Å². The highest BCUT2D eigenvalue weighted by atomic mass is 35.5. The van der Waals surface area contributed by atoms with Gasteiger partial charge < -0.3 is 15.4 Å². The maximum atomic E-state index is 13.7. The SMILES string of the molecule is CC(NC(=O)c1ccccc1OCC(=O)Nc1ccccc1F)c1ccccc1Cl. The van der Waals surface area contributed by atoms with Crippen LogP contribution in [0.15, 0.2) is 72.8 Å². The van der Waals surface area contributed by atoms with E-state index in [4.69, 9.17) is 16.3 Å². The molecule has 0 aliphatic carbocycles. The Kier molecular flexibility index (Phi) is 7.03. The van der Waals surface area contributed by atoms with Gasteiger partial charge in [-0.3, -0.25) is 9.59 Å². The summed E-state index contributed by atoms with van der Waals surface area (Å²) in [6, 6.07) is 19.3. The highest BCUT2D eigenvalue weighted by Gasteiger charge is 2.17. The highest BCUT2D eigenvalue weighted by molar-refractivity contribution is 6.31. The fourth-order valence-corrected chi connectivity index (χ4v) is 3.15. The third-order valence-electron chi connectivity index (χ3n) is 4.36. The third-order valence-corrected chi connectivity index (χ3v) is 4.70. The van der Waals surface area contributed by atoms with Crippen molar-refractivity contribution in [2.45, 2.75) is 13.0 Å². The molecule has 0 saturated heterocycles. The maximum absolute atomic E-state index is 13.7. The Morgan fingerprint density at radius 1 is 1.00 bits per heavy atom. The van der Waals surface area contributed by atoms with Crippen LogP contribution in [0.4, 0.5) is 10.1 Å². The summed E-state index contributed by atoms with van der Waals surface area (Å²) in [6.07, 6.45) is 0. The van der Waals surface area contributed by atoms with E-state index in [1.165, 1.54) is 18.2 Å². The Bertz CT molecular complexity index is 1060. The molecule has 0 aromatic heterocycles. The molecule has 5 nitrogen and oxygen atoms in total. The van der Waals surface area contributed by atoms with E-state index in [9.17, 15) is 14.0 Å². The van der Waals surface area contributed by atoms with Gasteiger partial charge in [0.05, 0.1) is 17.3 Å². The minimum absolute atomic E-state index is 0.0608. The van der Waals surface area contributed by atoms with E-state index in [0.717, 1.165) is 5.56 Å². The van der Waals surface area contributed by atoms with Gasteiger partial charge in [0.2, 0.25) is 0 Å². The van der Waals surface area contributed by atoms with Gasteiger partial charge in [0, 0.05) is 5.02 Å².